The second-order valence-electron chi connectivity index (χ2n) is 5.95. The summed E-state index contributed by atoms with van der Waals surface area (Å²) in [5.41, 5.74) is 6.85. The van der Waals surface area contributed by atoms with Gasteiger partial charge in [-0.1, -0.05) is 30.3 Å². The Labute approximate surface area is 119 Å². The van der Waals surface area contributed by atoms with Crippen LogP contribution in [0.1, 0.15) is 37.2 Å². The molecular formula is C16H22N2O2. The second-order valence-corrected chi connectivity index (χ2v) is 5.95. The first-order valence-corrected chi connectivity index (χ1v) is 7.46. The molecule has 2 fully saturated rings. The predicted octanol–water partition coefficient (Wildman–Crippen LogP) is 1.24. The first-order valence-electron chi connectivity index (χ1n) is 7.46. The van der Waals surface area contributed by atoms with Gasteiger partial charge in [-0.3, -0.25) is 4.79 Å². The van der Waals surface area contributed by atoms with Gasteiger partial charge < -0.3 is 15.7 Å². The normalized spacial score (nSPS) is 30.3. The molecule has 2 aliphatic heterocycles. The topological polar surface area (TPSA) is 66.6 Å². The van der Waals surface area contributed by atoms with Crippen molar-refractivity contribution in [2.24, 2.45) is 5.73 Å². The molecule has 20 heavy (non-hydrogen) atoms. The molecule has 4 heteroatoms. The summed E-state index contributed by atoms with van der Waals surface area (Å²) < 4.78 is 0. The van der Waals surface area contributed by atoms with Gasteiger partial charge in [-0.2, -0.15) is 0 Å². The highest BCUT2D eigenvalue weighted by molar-refractivity contribution is 5.85. The smallest absolute Gasteiger partial charge is 0.231 e. The first kappa shape index (κ1) is 13.6. The van der Waals surface area contributed by atoms with Crippen molar-refractivity contribution in [3.63, 3.8) is 0 Å². The lowest BCUT2D eigenvalue weighted by Crippen LogP contribution is -2.50. The van der Waals surface area contributed by atoms with Crippen LogP contribution in [0, 0.1) is 0 Å². The van der Waals surface area contributed by atoms with Crippen LogP contribution in [0.2, 0.25) is 0 Å². The van der Waals surface area contributed by atoms with Crippen molar-refractivity contribution in [1.82, 2.24) is 4.90 Å². The van der Waals surface area contributed by atoms with Gasteiger partial charge in [0.2, 0.25) is 5.91 Å². The van der Waals surface area contributed by atoms with Crippen LogP contribution in [0.4, 0.5) is 0 Å². The monoisotopic (exact) mass is 274 g/mol. The van der Waals surface area contributed by atoms with Gasteiger partial charge in [0, 0.05) is 18.6 Å². The van der Waals surface area contributed by atoms with E-state index in [1.54, 1.807) is 0 Å². The molecule has 1 amide bonds. The van der Waals surface area contributed by atoms with Crippen LogP contribution in [0.15, 0.2) is 30.3 Å². The number of benzene rings is 1. The lowest BCUT2D eigenvalue weighted by atomic mass is 9.93. The highest BCUT2D eigenvalue weighted by atomic mass is 16.3. The summed E-state index contributed by atoms with van der Waals surface area (Å²) in [7, 11) is 0. The minimum absolute atomic E-state index is 0.137. The van der Waals surface area contributed by atoms with Crippen molar-refractivity contribution in [3.8, 4) is 0 Å². The summed E-state index contributed by atoms with van der Waals surface area (Å²) in [4.78, 5) is 14.9. The van der Waals surface area contributed by atoms with Crippen molar-refractivity contribution < 1.29 is 9.90 Å². The number of carbonyl (C=O) groups excluding carboxylic acids is 1. The molecule has 1 aromatic carbocycles. The van der Waals surface area contributed by atoms with E-state index < -0.39 is 0 Å². The van der Waals surface area contributed by atoms with Crippen molar-refractivity contribution in [1.29, 1.82) is 0 Å². The number of piperidine rings is 1. The lowest BCUT2D eigenvalue weighted by Gasteiger charge is -2.39. The van der Waals surface area contributed by atoms with E-state index in [-0.39, 0.29) is 30.0 Å². The average molecular weight is 274 g/mol. The maximum Gasteiger partial charge on any atom is 0.231 e. The summed E-state index contributed by atoms with van der Waals surface area (Å²) in [6.45, 7) is 0.335. The summed E-state index contributed by atoms with van der Waals surface area (Å²) in [6.07, 6.45) is 3.21. The van der Waals surface area contributed by atoms with Crippen LogP contribution in [-0.2, 0) is 4.79 Å². The highest BCUT2D eigenvalue weighted by Crippen LogP contribution is 2.37. The van der Waals surface area contributed by atoms with Crippen LogP contribution in [0.5, 0.6) is 0 Å². The van der Waals surface area contributed by atoms with E-state index in [9.17, 15) is 9.90 Å². The minimum Gasteiger partial charge on any atom is -0.393 e. The van der Waals surface area contributed by atoms with E-state index in [0.29, 0.717) is 19.4 Å². The van der Waals surface area contributed by atoms with E-state index in [1.807, 2.05) is 35.2 Å². The molecule has 0 saturated carbocycles. The van der Waals surface area contributed by atoms with Crippen LogP contribution >= 0.6 is 0 Å². The zero-order chi connectivity index (χ0) is 14.1. The largest absolute Gasteiger partial charge is 0.393 e. The molecular weight excluding hydrogens is 252 g/mol. The van der Waals surface area contributed by atoms with Gasteiger partial charge in [0.15, 0.2) is 0 Å². The van der Waals surface area contributed by atoms with Gasteiger partial charge in [-0.15, -0.1) is 0 Å². The third kappa shape index (κ3) is 2.34. The number of carbonyl (C=O) groups is 1. The quantitative estimate of drug-likeness (QED) is 0.871. The summed E-state index contributed by atoms with van der Waals surface area (Å²) in [5, 5.41) is 9.84. The van der Waals surface area contributed by atoms with Crippen molar-refractivity contribution >= 4 is 5.91 Å². The Morgan fingerprint density at radius 2 is 1.85 bits per heavy atom. The average Bonchev–Trinajstić information content (AvgIpc) is 2.73. The standard InChI is InChI=1S/C16H22N2O2/c17-10-15(11-4-2-1-3-5-11)16(20)18-12-6-7-13(18)9-14(19)8-12/h1-5,12-15,19H,6-10,17H2. The van der Waals surface area contributed by atoms with Gasteiger partial charge in [0.05, 0.1) is 12.0 Å². The number of hydrogen-bond acceptors (Lipinski definition) is 3. The third-order valence-electron chi connectivity index (χ3n) is 4.70. The minimum atomic E-state index is -0.255. The maximum absolute atomic E-state index is 12.9. The van der Waals surface area contributed by atoms with E-state index in [4.69, 9.17) is 5.73 Å². The van der Waals surface area contributed by atoms with Crippen LogP contribution in [0.25, 0.3) is 0 Å². The molecule has 3 atom stereocenters. The molecule has 3 N–H and O–H groups in total. The molecule has 1 aromatic rings. The van der Waals surface area contributed by atoms with Crippen LogP contribution in [0.3, 0.4) is 0 Å². The fourth-order valence-electron chi connectivity index (χ4n) is 3.75. The molecule has 2 heterocycles. The molecule has 0 aromatic heterocycles. The summed E-state index contributed by atoms with van der Waals surface area (Å²) in [5.74, 6) is -0.118. The van der Waals surface area contributed by atoms with E-state index in [1.165, 1.54) is 0 Å². The number of nitrogens with two attached hydrogens (primary N) is 1. The zero-order valence-corrected chi connectivity index (χ0v) is 11.6. The molecule has 108 valence electrons. The molecule has 0 aliphatic carbocycles. The number of rotatable bonds is 3. The molecule has 3 rings (SSSR count). The van der Waals surface area contributed by atoms with Crippen molar-refractivity contribution in [2.75, 3.05) is 6.54 Å². The van der Waals surface area contributed by atoms with Crippen molar-refractivity contribution in [3.05, 3.63) is 35.9 Å². The third-order valence-corrected chi connectivity index (χ3v) is 4.70. The summed E-state index contributed by atoms with van der Waals surface area (Å²) >= 11 is 0. The molecule has 3 unspecified atom stereocenters. The Kier molecular flexibility index (Phi) is 3.76. The summed E-state index contributed by atoms with van der Waals surface area (Å²) in [6, 6.07) is 10.2. The number of aliphatic hydroxyl groups is 1. The molecule has 2 aliphatic rings. The lowest BCUT2D eigenvalue weighted by molar-refractivity contribution is -0.138. The molecule has 4 nitrogen and oxygen atoms in total. The van der Waals surface area contributed by atoms with Gasteiger partial charge in [-0.25, -0.2) is 0 Å². The SMILES string of the molecule is NCC(C(=O)N1C2CCC1CC(O)C2)c1ccccc1. The molecule has 2 saturated heterocycles. The van der Waals surface area contributed by atoms with Gasteiger partial charge >= 0.3 is 0 Å². The Hall–Kier alpha value is -1.39. The zero-order valence-electron chi connectivity index (χ0n) is 11.6. The first-order chi connectivity index (χ1) is 9.70. The van der Waals surface area contributed by atoms with Crippen LogP contribution < -0.4 is 5.73 Å². The Morgan fingerprint density at radius 3 is 2.40 bits per heavy atom. The predicted molar refractivity (Wildman–Crippen MR) is 77.1 cm³/mol. The maximum atomic E-state index is 12.9. The van der Waals surface area contributed by atoms with Gasteiger partial charge in [0.1, 0.15) is 0 Å². The Morgan fingerprint density at radius 1 is 1.25 bits per heavy atom. The number of aliphatic hydroxyl groups excluding tert-OH is 1. The Bertz CT molecular complexity index is 463. The molecule has 0 spiro atoms. The highest BCUT2D eigenvalue weighted by Gasteiger charge is 2.44. The van der Waals surface area contributed by atoms with E-state index in [0.717, 1.165) is 18.4 Å². The van der Waals surface area contributed by atoms with Crippen molar-refractivity contribution in [2.45, 2.75) is 49.8 Å². The van der Waals surface area contributed by atoms with Crippen LogP contribution in [-0.4, -0.2) is 40.6 Å². The van der Waals surface area contributed by atoms with Gasteiger partial charge in [-0.05, 0) is 31.2 Å². The van der Waals surface area contributed by atoms with E-state index in [2.05, 4.69) is 0 Å². The molecule has 2 bridgehead atoms. The number of nitrogens with zero attached hydrogens (tertiary/aromatic N) is 1. The number of fused-ring (bicyclic) bond motifs is 2. The Balaban J connectivity index is 1.81. The fourth-order valence-corrected chi connectivity index (χ4v) is 3.75. The van der Waals surface area contributed by atoms with Gasteiger partial charge in [0.25, 0.3) is 0 Å². The second kappa shape index (κ2) is 5.54. The fraction of sp³-hybridized carbons (Fsp3) is 0.562. The number of amides is 1. The number of hydrogen-bond donors (Lipinski definition) is 2. The van der Waals surface area contributed by atoms with E-state index >= 15 is 0 Å². The molecule has 0 radical (unpaired) electrons.